The maximum atomic E-state index is 12.6. The molecule has 1 aliphatic rings. The molecule has 4 heteroatoms. The van der Waals surface area contributed by atoms with Gasteiger partial charge in [0.05, 0.1) is 5.69 Å². The summed E-state index contributed by atoms with van der Waals surface area (Å²) in [5.74, 6) is 1.04. The maximum Gasteiger partial charge on any atom is 0.253 e. The lowest BCUT2D eigenvalue weighted by atomic mass is 9.88. The summed E-state index contributed by atoms with van der Waals surface area (Å²) in [6, 6.07) is 9.06. The maximum absolute atomic E-state index is 12.6. The summed E-state index contributed by atoms with van der Waals surface area (Å²) in [6.45, 7) is 10.8. The lowest BCUT2D eigenvalue weighted by Gasteiger charge is -2.23. The number of fused-ring (bicyclic) bond motifs is 1. The van der Waals surface area contributed by atoms with Crippen LogP contribution in [0.5, 0.6) is 0 Å². The Morgan fingerprint density at radius 3 is 2.55 bits per heavy atom. The van der Waals surface area contributed by atoms with Crippen molar-refractivity contribution in [2.24, 2.45) is 7.05 Å². The van der Waals surface area contributed by atoms with Crippen LogP contribution in [0.1, 0.15) is 67.8 Å². The number of aryl methyl sites for hydroxylation is 1. The molecular weight excluding hydrogens is 358 g/mol. The van der Waals surface area contributed by atoms with Crippen LogP contribution in [-0.2, 0) is 13.5 Å². The lowest BCUT2D eigenvalue weighted by molar-refractivity contribution is 0.460. The van der Waals surface area contributed by atoms with Gasteiger partial charge >= 0.3 is 0 Å². The molecule has 0 atom stereocenters. The van der Waals surface area contributed by atoms with E-state index in [1.807, 2.05) is 14.0 Å². The number of hydrogen-bond acceptors (Lipinski definition) is 2. The second kappa shape index (κ2) is 7.83. The largest absolute Gasteiger partial charge is 0.354 e. The molecule has 0 bridgehead atoms. The topological polar surface area (TPSA) is 49.8 Å². The molecule has 1 fully saturated rings. The van der Waals surface area contributed by atoms with Gasteiger partial charge in [-0.25, -0.2) is 0 Å². The van der Waals surface area contributed by atoms with Gasteiger partial charge in [-0.05, 0) is 80.4 Å². The fraction of sp³-hybridized carbons (Fsp3) is 0.480. The molecule has 0 unspecified atom stereocenters. The summed E-state index contributed by atoms with van der Waals surface area (Å²) >= 11 is 0. The van der Waals surface area contributed by atoms with Crippen LogP contribution in [0.4, 0.5) is 0 Å². The van der Waals surface area contributed by atoms with E-state index in [0.29, 0.717) is 11.8 Å². The zero-order chi connectivity index (χ0) is 20.7. The molecule has 2 aromatic heterocycles. The number of H-pyrrole nitrogens is 1. The summed E-state index contributed by atoms with van der Waals surface area (Å²) in [5.41, 5.74) is 8.32. The summed E-state index contributed by atoms with van der Waals surface area (Å²) in [7, 11) is 1.88. The van der Waals surface area contributed by atoms with Gasteiger partial charge in [0.25, 0.3) is 5.56 Å². The highest BCUT2D eigenvalue weighted by atomic mass is 16.1. The molecule has 1 aromatic carbocycles. The predicted octanol–water partition coefficient (Wildman–Crippen LogP) is 4.99. The highest BCUT2D eigenvalue weighted by Gasteiger charge is 2.22. The molecule has 2 N–H and O–H groups in total. The van der Waals surface area contributed by atoms with Crippen LogP contribution in [-0.4, -0.2) is 22.6 Å². The Hall–Kier alpha value is -2.33. The standard InChI is InChI=1S/C25H33N3O/c1-6-17-13-20(16(4)28(5)25(17)29)24-23(15(2)3)21-14-19(7-8-22(21)27-24)18-9-11-26-12-10-18/h7-8,13-15,18,26-27H,6,9-12H2,1-5H3. The Morgan fingerprint density at radius 1 is 1.17 bits per heavy atom. The van der Waals surface area contributed by atoms with Gasteiger partial charge in [0.1, 0.15) is 0 Å². The Morgan fingerprint density at radius 2 is 1.90 bits per heavy atom. The quantitative estimate of drug-likeness (QED) is 0.658. The zero-order valence-electron chi connectivity index (χ0n) is 18.4. The third kappa shape index (κ3) is 3.44. The second-order valence-electron chi connectivity index (χ2n) is 8.78. The molecule has 0 aliphatic carbocycles. The van der Waals surface area contributed by atoms with E-state index in [9.17, 15) is 4.79 Å². The SMILES string of the molecule is CCc1cc(-c2[nH]c3ccc(C4CCNCC4)cc3c2C(C)C)c(C)n(C)c1=O. The summed E-state index contributed by atoms with van der Waals surface area (Å²) in [6.07, 6.45) is 3.16. The molecule has 29 heavy (non-hydrogen) atoms. The molecule has 4 nitrogen and oxygen atoms in total. The van der Waals surface area contributed by atoms with Gasteiger partial charge in [-0.2, -0.15) is 0 Å². The van der Waals surface area contributed by atoms with Gasteiger partial charge in [0.15, 0.2) is 0 Å². The molecule has 3 aromatic rings. The first-order valence-corrected chi connectivity index (χ1v) is 11.0. The molecule has 0 saturated carbocycles. The lowest BCUT2D eigenvalue weighted by Crippen LogP contribution is -2.26. The Balaban J connectivity index is 1.93. The van der Waals surface area contributed by atoms with E-state index in [-0.39, 0.29) is 5.56 Å². The van der Waals surface area contributed by atoms with Crippen molar-refractivity contribution in [2.75, 3.05) is 13.1 Å². The van der Waals surface area contributed by atoms with E-state index < -0.39 is 0 Å². The number of benzene rings is 1. The van der Waals surface area contributed by atoms with Crippen molar-refractivity contribution in [3.05, 3.63) is 57.0 Å². The van der Waals surface area contributed by atoms with E-state index in [1.54, 1.807) is 4.57 Å². The van der Waals surface area contributed by atoms with Crippen molar-refractivity contribution >= 4 is 10.9 Å². The fourth-order valence-corrected chi connectivity index (χ4v) is 4.85. The average Bonchev–Trinajstić information content (AvgIpc) is 3.11. The summed E-state index contributed by atoms with van der Waals surface area (Å²) in [5, 5.41) is 4.80. The van der Waals surface area contributed by atoms with Crippen molar-refractivity contribution in [2.45, 2.75) is 58.8 Å². The van der Waals surface area contributed by atoms with Gasteiger partial charge in [0, 0.05) is 34.8 Å². The Bertz CT molecular complexity index is 1100. The van der Waals surface area contributed by atoms with Crippen molar-refractivity contribution in [1.29, 1.82) is 0 Å². The normalized spacial score (nSPS) is 15.5. The Labute approximate surface area is 173 Å². The minimum atomic E-state index is 0.115. The van der Waals surface area contributed by atoms with Gasteiger partial charge in [-0.1, -0.05) is 26.8 Å². The molecule has 0 spiro atoms. The smallest absolute Gasteiger partial charge is 0.253 e. The van der Waals surface area contributed by atoms with Gasteiger partial charge < -0.3 is 14.9 Å². The van der Waals surface area contributed by atoms with Crippen LogP contribution >= 0.6 is 0 Å². The third-order valence-electron chi connectivity index (χ3n) is 6.69. The second-order valence-corrected chi connectivity index (χ2v) is 8.78. The minimum Gasteiger partial charge on any atom is -0.354 e. The number of hydrogen-bond donors (Lipinski definition) is 2. The van der Waals surface area contributed by atoms with Crippen molar-refractivity contribution in [3.63, 3.8) is 0 Å². The van der Waals surface area contributed by atoms with Crippen LogP contribution in [0.15, 0.2) is 29.1 Å². The third-order valence-corrected chi connectivity index (χ3v) is 6.69. The molecule has 154 valence electrons. The van der Waals surface area contributed by atoms with E-state index in [0.717, 1.165) is 36.3 Å². The van der Waals surface area contributed by atoms with Gasteiger partial charge in [-0.15, -0.1) is 0 Å². The summed E-state index contributed by atoms with van der Waals surface area (Å²) < 4.78 is 1.80. The van der Waals surface area contributed by atoms with Crippen LogP contribution in [0, 0.1) is 6.92 Å². The molecular formula is C25H33N3O. The van der Waals surface area contributed by atoms with E-state index in [1.165, 1.54) is 40.6 Å². The van der Waals surface area contributed by atoms with Crippen LogP contribution in [0.3, 0.4) is 0 Å². The molecule has 1 saturated heterocycles. The highest BCUT2D eigenvalue weighted by Crippen LogP contribution is 2.38. The monoisotopic (exact) mass is 391 g/mol. The number of piperidine rings is 1. The van der Waals surface area contributed by atoms with Crippen LogP contribution in [0.25, 0.3) is 22.2 Å². The van der Waals surface area contributed by atoms with E-state index in [2.05, 4.69) is 55.3 Å². The average molecular weight is 392 g/mol. The molecule has 4 rings (SSSR count). The number of aromatic nitrogens is 2. The molecule has 1 aliphatic heterocycles. The van der Waals surface area contributed by atoms with E-state index >= 15 is 0 Å². The molecule has 0 radical (unpaired) electrons. The van der Waals surface area contributed by atoms with Crippen molar-refractivity contribution in [3.8, 4) is 11.3 Å². The van der Waals surface area contributed by atoms with Crippen molar-refractivity contribution in [1.82, 2.24) is 14.9 Å². The molecule has 0 amide bonds. The predicted molar refractivity (Wildman–Crippen MR) is 122 cm³/mol. The number of nitrogens with zero attached hydrogens (tertiary/aromatic N) is 1. The zero-order valence-corrected chi connectivity index (χ0v) is 18.4. The first kappa shape index (κ1) is 20.0. The number of nitrogens with one attached hydrogen (secondary N) is 2. The first-order chi connectivity index (χ1) is 13.9. The number of aromatic amines is 1. The van der Waals surface area contributed by atoms with Crippen molar-refractivity contribution < 1.29 is 0 Å². The van der Waals surface area contributed by atoms with Gasteiger partial charge in [-0.3, -0.25) is 4.79 Å². The van der Waals surface area contributed by atoms with Crippen LogP contribution in [0.2, 0.25) is 0 Å². The van der Waals surface area contributed by atoms with Crippen LogP contribution < -0.4 is 10.9 Å². The summed E-state index contributed by atoms with van der Waals surface area (Å²) in [4.78, 5) is 16.3. The highest BCUT2D eigenvalue weighted by molar-refractivity contribution is 5.92. The van der Waals surface area contributed by atoms with E-state index in [4.69, 9.17) is 0 Å². The minimum absolute atomic E-state index is 0.115. The number of pyridine rings is 1. The Kier molecular flexibility index (Phi) is 5.39. The van der Waals surface area contributed by atoms with Gasteiger partial charge in [0.2, 0.25) is 0 Å². The number of rotatable bonds is 4. The molecule has 3 heterocycles. The fourth-order valence-electron chi connectivity index (χ4n) is 4.85. The first-order valence-electron chi connectivity index (χ1n) is 11.0.